The highest BCUT2D eigenvalue weighted by atomic mass is 32.1. The second kappa shape index (κ2) is 9.66. The zero-order valence-electron chi connectivity index (χ0n) is 15.8. The van der Waals surface area contributed by atoms with Crippen LogP contribution < -0.4 is 10.6 Å². The summed E-state index contributed by atoms with van der Waals surface area (Å²) in [5.41, 5.74) is 1.14. The quantitative estimate of drug-likeness (QED) is 0.440. The van der Waals surface area contributed by atoms with Gasteiger partial charge in [-0.1, -0.05) is 6.42 Å². The number of aryl methyl sites for hydroxylation is 3. The molecule has 7 nitrogen and oxygen atoms in total. The first kappa shape index (κ1) is 18.8. The minimum absolute atomic E-state index is 0.834. The van der Waals surface area contributed by atoms with Crippen molar-refractivity contribution in [3.63, 3.8) is 0 Å². The van der Waals surface area contributed by atoms with Crippen LogP contribution in [0, 0.1) is 6.92 Å². The summed E-state index contributed by atoms with van der Waals surface area (Å²) in [4.78, 5) is 8.77. The van der Waals surface area contributed by atoms with Gasteiger partial charge in [0.15, 0.2) is 5.96 Å². The molecule has 0 aromatic carbocycles. The van der Waals surface area contributed by atoms with Gasteiger partial charge in [0.1, 0.15) is 11.6 Å². The number of nitrogens with zero attached hydrogens (tertiary/aromatic N) is 5. The molecule has 0 radical (unpaired) electrons. The van der Waals surface area contributed by atoms with Crippen LogP contribution in [0.2, 0.25) is 0 Å². The molecule has 1 aliphatic rings. The molecule has 0 amide bonds. The Labute approximate surface area is 159 Å². The van der Waals surface area contributed by atoms with E-state index in [0.717, 1.165) is 67.8 Å². The van der Waals surface area contributed by atoms with E-state index in [1.54, 1.807) is 18.4 Å². The Kier molecular flexibility index (Phi) is 6.99. The van der Waals surface area contributed by atoms with E-state index in [0.29, 0.717) is 0 Å². The van der Waals surface area contributed by atoms with E-state index in [1.165, 1.54) is 25.1 Å². The van der Waals surface area contributed by atoms with E-state index in [9.17, 15) is 0 Å². The van der Waals surface area contributed by atoms with Gasteiger partial charge < -0.3 is 15.2 Å². The summed E-state index contributed by atoms with van der Waals surface area (Å²) >= 11 is 1.70. The van der Waals surface area contributed by atoms with Crippen LogP contribution in [-0.2, 0) is 25.8 Å². The molecule has 2 N–H and O–H groups in total. The van der Waals surface area contributed by atoms with E-state index in [2.05, 4.69) is 40.8 Å². The molecular formula is C18H29N7S. The lowest BCUT2D eigenvalue weighted by Gasteiger charge is -2.11. The monoisotopic (exact) mass is 375 g/mol. The van der Waals surface area contributed by atoms with Crippen molar-refractivity contribution in [1.29, 1.82) is 0 Å². The Bertz CT molecular complexity index is 719. The summed E-state index contributed by atoms with van der Waals surface area (Å²) in [5.74, 6) is 3.14. The minimum atomic E-state index is 0.834. The fraction of sp³-hybridized carbons (Fsp3) is 0.667. The normalized spacial score (nSPS) is 14.8. The maximum atomic E-state index is 4.48. The van der Waals surface area contributed by atoms with Crippen molar-refractivity contribution in [3.05, 3.63) is 27.7 Å². The third-order valence-corrected chi connectivity index (χ3v) is 5.44. The number of thiazole rings is 1. The van der Waals surface area contributed by atoms with Gasteiger partial charge in [-0.2, -0.15) is 0 Å². The van der Waals surface area contributed by atoms with Gasteiger partial charge >= 0.3 is 0 Å². The SMILES string of the molecule is CN=C(NCCCc1nnc2n1CCCCC2)NCCc1csc(C)n1. The number of nitrogens with one attached hydrogen (secondary N) is 2. The topological polar surface area (TPSA) is 80.0 Å². The van der Waals surface area contributed by atoms with E-state index in [4.69, 9.17) is 0 Å². The summed E-state index contributed by atoms with van der Waals surface area (Å²) in [6.45, 7) is 4.82. The van der Waals surface area contributed by atoms with Crippen molar-refractivity contribution in [2.75, 3.05) is 20.1 Å². The van der Waals surface area contributed by atoms with Crippen LogP contribution in [0.15, 0.2) is 10.4 Å². The number of aromatic nitrogens is 4. The van der Waals surface area contributed by atoms with Gasteiger partial charge in [-0.15, -0.1) is 21.5 Å². The predicted molar refractivity (Wildman–Crippen MR) is 106 cm³/mol. The maximum absolute atomic E-state index is 4.48. The lowest BCUT2D eigenvalue weighted by atomic mass is 10.2. The number of rotatable bonds is 7. The predicted octanol–water partition coefficient (Wildman–Crippen LogP) is 2.11. The Balaban J connectivity index is 1.36. The minimum Gasteiger partial charge on any atom is -0.356 e. The van der Waals surface area contributed by atoms with Crippen LogP contribution in [0.1, 0.15) is 48.0 Å². The Morgan fingerprint density at radius 3 is 2.88 bits per heavy atom. The van der Waals surface area contributed by atoms with E-state index < -0.39 is 0 Å². The van der Waals surface area contributed by atoms with Crippen LogP contribution in [0.4, 0.5) is 0 Å². The zero-order valence-corrected chi connectivity index (χ0v) is 16.6. The highest BCUT2D eigenvalue weighted by Crippen LogP contribution is 2.15. The molecule has 0 saturated heterocycles. The van der Waals surface area contributed by atoms with Crippen molar-refractivity contribution in [2.45, 2.75) is 58.4 Å². The van der Waals surface area contributed by atoms with Gasteiger partial charge in [0.05, 0.1) is 10.7 Å². The van der Waals surface area contributed by atoms with Crippen LogP contribution in [0.3, 0.4) is 0 Å². The van der Waals surface area contributed by atoms with Crippen molar-refractivity contribution >= 4 is 17.3 Å². The molecular weight excluding hydrogens is 346 g/mol. The Morgan fingerprint density at radius 2 is 2.08 bits per heavy atom. The number of fused-ring (bicyclic) bond motifs is 1. The van der Waals surface area contributed by atoms with Gasteiger partial charge in [-0.3, -0.25) is 4.99 Å². The van der Waals surface area contributed by atoms with E-state index in [-0.39, 0.29) is 0 Å². The molecule has 0 spiro atoms. The molecule has 1 aliphatic heterocycles. The highest BCUT2D eigenvalue weighted by molar-refractivity contribution is 7.09. The van der Waals surface area contributed by atoms with Crippen LogP contribution in [-0.4, -0.2) is 45.8 Å². The fourth-order valence-corrected chi connectivity index (χ4v) is 3.88. The molecule has 3 rings (SSSR count). The largest absolute Gasteiger partial charge is 0.356 e. The van der Waals surface area contributed by atoms with E-state index >= 15 is 0 Å². The van der Waals surface area contributed by atoms with Gasteiger partial charge in [0.2, 0.25) is 0 Å². The van der Waals surface area contributed by atoms with Gasteiger partial charge in [0.25, 0.3) is 0 Å². The fourth-order valence-electron chi connectivity index (χ4n) is 3.24. The number of guanidine groups is 1. The summed E-state index contributed by atoms with van der Waals surface area (Å²) in [7, 11) is 1.81. The maximum Gasteiger partial charge on any atom is 0.190 e. The Hall–Kier alpha value is -1.96. The summed E-state index contributed by atoms with van der Waals surface area (Å²) in [5, 5.41) is 18.7. The molecule has 0 unspecified atom stereocenters. The molecule has 0 fully saturated rings. The van der Waals surface area contributed by atoms with Crippen molar-refractivity contribution < 1.29 is 0 Å². The van der Waals surface area contributed by atoms with Crippen LogP contribution in [0.25, 0.3) is 0 Å². The van der Waals surface area contributed by atoms with Gasteiger partial charge in [-0.05, 0) is 26.2 Å². The van der Waals surface area contributed by atoms with E-state index in [1.807, 2.05) is 6.92 Å². The first-order valence-corrected chi connectivity index (χ1v) is 10.4. The van der Waals surface area contributed by atoms with Crippen LogP contribution in [0.5, 0.6) is 0 Å². The number of hydrogen-bond acceptors (Lipinski definition) is 5. The summed E-state index contributed by atoms with van der Waals surface area (Å²) in [6.07, 6.45) is 7.73. The average Bonchev–Trinajstić information content (AvgIpc) is 3.15. The molecule has 26 heavy (non-hydrogen) atoms. The molecule has 0 atom stereocenters. The van der Waals surface area contributed by atoms with Gasteiger partial charge in [-0.25, -0.2) is 4.98 Å². The molecule has 0 aliphatic carbocycles. The number of hydrogen-bond donors (Lipinski definition) is 2. The third kappa shape index (κ3) is 5.27. The lowest BCUT2D eigenvalue weighted by Crippen LogP contribution is -2.38. The standard InChI is InChI=1S/C18H29N7S/c1-14-22-15(13-26-14)9-11-21-18(19-2)20-10-6-8-17-24-23-16-7-4-3-5-12-25(16)17/h13H,3-12H2,1-2H3,(H2,19,20,21). The molecule has 8 heteroatoms. The summed E-state index contributed by atoms with van der Waals surface area (Å²) < 4.78 is 2.33. The second-order valence-electron chi connectivity index (χ2n) is 6.63. The first-order valence-electron chi connectivity index (χ1n) is 9.52. The number of aliphatic imine (C=N–C) groups is 1. The molecule has 142 valence electrons. The van der Waals surface area contributed by atoms with Crippen molar-refractivity contribution in [3.8, 4) is 0 Å². The highest BCUT2D eigenvalue weighted by Gasteiger charge is 2.14. The van der Waals surface area contributed by atoms with Crippen LogP contribution >= 0.6 is 11.3 Å². The average molecular weight is 376 g/mol. The first-order chi connectivity index (χ1) is 12.8. The van der Waals surface area contributed by atoms with Crippen molar-refractivity contribution in [2.24, 2.45) is 4.99 Å². The summed E-state index contributed by atoms with van der Waals surface area (Å²) in [6, 6.07) is 0. The second-order valence-corrected chi connectivity index (χ2v) is 7.69. The lowest BCUT2D eigenvalue weighted by molar-refractivity contribution is 0.594. The molecule has 0 bridgehead atoms. The van der Waals surface area contributed by atoms with Gasteiger partial charge in [0, 0.05) is 51.3 Å². The smallest absolute Gasteiger partial charge is 0.190 e. The van der Waals surface area contributed by atoms with Crippen molar-refractivity contribution in [1.82, 2.24) is 30.4 Å². The molecule has 0 saturated carbocycles. The third-order valence-electron chi connectivity index (χ3n) is 4.62. The molecule has 2 aromatic rings. The Morgan fingerprint density at radius 1 is 1.19 bits per heavy atom. The molecule has 2 aromatic heterocycles. The zero-order chi connectivity index (χ0) is 18.2. The molecule has 3 heterocycles.